The molecule has 0 amide bonds. The van der Waals surface area contributed by atoms with Gasteiger partial charge >= 0.3 is 0 Å². The first-order valence-corrected chi connectivity index (χ1v) is 5.90. The molecular weight excluding hydrogens is 236 g/mol. The lowest BCUT2D eigenvalue weighted by Gasteiger charge is -2.11. The van der Waals surface area contributed by atoms with Gasteiger partial charge in [-0.15, -0.1) is 0 Å². The normalized spacial score (nSPS) is 9.37. The number of carbonyl (C=O) groups excluding carboxylic acids is 1. The summed E-state index contributed by atoms with van der Waals surface area (Å²) >= 11 is 0. The highest BCUT2D eigenvalue weighted by molar-refractivity contribution is 6.09. The predicted octanol–water partition coefficient (Wildman–Crippen LogP) is 2.38. The number of carbonyl (C=O) groups is 1. The van der Waals surface area contributed by atoms with Crippen LogP contribution in [0.5, 0.6) is 0 Å². The fourth-order valence-corrected chi connectivity index (χ4v) is 1.55. The molecule has 0 aliphatic heterocycles. The third-order valence-electron chi connectivity index (χ3n) is 2.65. The number of hydrogen-bond donors (Lipinski definition) is 0. The van der Waals surface area contributed by atoms with Crippen LogP contribution in [-0.2, 0) is 0 Å². The van der Waals surface area contributed by atoms with Crippen molar-refractivity contribution in [2.75, 3.05) is 19.0 Å². The smallest absolute Gasteiger partial charge is 0.236 e. The first kappa shape index (κ1) is 12.8. The maximum Gasteiger partial charge on any atom is 0.236 e. The molecule has 3 nitrogen and oxygen atoms in total. The number of Topliss-reactive ketones (excluding diaryl/α,β-unsaturated/α-hetero) is 1. The molecule has 0 N–H and O–H groups in total. The average molecular weight is 250 g/mol. The van der Waals surface area contributed by atoms with E-state index in [2.05, 4.69) is 16.8 Å². The van der Waals surface area contributed by atoms with Crippen molar-refractivity contribution >= 4 is 11.5 Å². The standard InChI is InChI=1S/C16H14N2O/c1-18(2)15-6-3-13(4-7-15)5-8-16(19)14-9-11-17-12-10-14/h3-4,6-7,9-12H,1-2H3. The molecule has 0 saturated heterocycles. The van der Waals surface area contributed by atoms with Crippen LogP contribution in [0.2, 0.25) is 0 Å². The Morgan fingerprint density at radius 3 is 2.26 bits per heavy atom. The lowest BCUT2D eigenvalue weighted by molar-refractivity contribution is 0.105. The van der Waals surface area contributed by atoms with Crippen LogP contribution in [0.3, 0.4) is 0 Å². The van der Waals surface area contributed by atoms with Gasteiger partial charge in [0.25, 0.3) is 0 Å². The van der Waals surface area contributed by atoms with Gasteiger partial charge in [0.2, 0.25) is 5.78 Å². The highest BCUT2D eigenvalue weighted by atomic mass is 16.1. The van der Waals surface area contributed by atoms with Crippen LogP contribution in [-0.4, -0.2) is 24.9 Å². The van der Waals surface area contributed by atoms with Crippen molar-refractivity contribution in [2.24, 2.45) is 0 Å². The van der Waals surface area contributed by atoms with Crippen LogP contribution < -0.4 is 4.90 Å². The number of rotatable bonds is 2. The fourth-order valence-electron chi connectivity index (χ4n) is 1.55. The SMILES string of the molecule is CN(C)c1ccc(C#CC(=O)c2ccncc2)cc1. The van der Waals surface area contributed by atoms with Crippen molar-refractivity contribution in [2.45, 2.75) is 0 Å². The first-order valence-electron chi connectivity index (χ1n) is 5.90. The Bertz CT molecular complexity index is 619. The maximum atomic E-state index is 11.8. The highest BCUT2D eigenvalue weighted by Crippen LogP contribution is 2.11. The Hall–Kier alpha value is -2.60. The van der Waals surface area contributed by atoms with E-state index < -0.39 is 0 Å². The van der Waals surface area contributed by atoms with Crippen molar-refractivity contribution in [1.82, 2.24) is 4.98 Å². The predicted molar refractivity (Wildman–Crippen MR) is 76.2 cm³/mol. The minimum atomic E-state index is -0.195. The average Bonchev–Trinajstić information content (AvgIpc) is 2.46. The molecule has 1 heterocycles. The molecule has 0 fully saturated rings. The van der Waals surface area contributed by atoms with E-state index in [4.69, 9.17) is 0 Å². The summed E-state index contributed by atoms with van der Waals surface area (Å²) < 4.78 is 0. The van der Waals surface area contributed by atoms with Crippen molar-refractivity contribution < 1.29 is 4.79 Å². The molecule has 0 bridgehead atoms. The van der Waals surface area contributed by atoms with Gasteiger partial charge in [0.1, 0.15) is 0 Å². The lowest BCUT2D eigenvalue weighted by atomic mass is 10.1. The second-order valence-corrected chi connectivity index (χ2v) is 4.26. The summed E-state index contributed by atoms with van der Waals surface area (Å²) in [5.74, 6) is 5.31. The van der Waals surface area contributed by atoms with Crippen molar-refractivity contribution in [3.63, 3.8) is 0 Å². The van der Waals surface area contributed by atoms with E-state index in [1.165, 1.54) is 0 Å². The number of benzene rings is 1. The van der Waals surface area contributed by atoms with E-state index in [-0.39, 0.29) is 5.78 Å². The third-order valence-corrected chi connectivity index (χ3v) is 2.65. The zero-order valence-corrected chi connectivity index (χ0v) is 10.9. The van der Waals surface area contributed by atoms with Gasteiger partial charge in [-0.2, -0.15) is 0 Å². The molecule has 0 radical (unpaired) electrons. The van der Waals surface area contributed by atoms with Gasteiger partial charge in [0.15, 0.2) is 0 Å². The lowest BCUT2D eigenvalue weighted by Crippen LogP contribution is -2.07. The molecule has 0 atom stereocenters. The van der Waals surface area contributed by atoms with Gasteiger partial charge in [-0.3, -0.25) is 9.78 Å². The third kappa shape index (κ3) is 3.43. The molecule has 0 unspecified atom stereocenters. The molecule has 2 aromatic rings. The Kier molecular flexibility index (Phi) is 3.94. The zero-order valence-electron chi connectivity index (χ0n) is 10.9. The van der Waals surface area contributed by atoms with Gasteiger partial charge in [-0.1, -0.05) is 5.92 Å². The molecule has 94 valence electrons. The summed E-state index contributed by atoms with van der Waals surface area (Å²) in [4.78, 5) is 17.7. The van der Waals surface area contributed by atoms with Gasteiger partial charge in [-0.05, 0) is 42.3 Å². The number of nitrogens with zero attached hydrogens (tertiary/aromatic N) is 2. The summed E-state index contributed by atoms with van der Waals surface area (Å²) in [7, 11) is 3.96. The zero-order chi connectivity index (χ0) is 13.7. The van der Waals surface area contributed by atoms with Crippen molar-refractivity contribution in [1.29, 1.82) is 0 Å². The summed E-state index contributed by atoms with van der Waals surface area (Å²) in [5, 5.41) is 0. The first-order chi connectivity index (χ1) is 9.16. The molecule has 0 saturated carbocycles. The van der Waals surface area contributed by atoms with E-state index in [1.807, 2.05) is 43.3 Å². The number of pyridine rings is 1. The van der Waals surface area contributed by atoms with Crippen LogP contribution >= 0.6 is 0 Å². The molecule has 1 aromatic carbocycles. The fraction of sp³-hybridized carbons (Fsp3) is 0.125. The molecule has 0 spiro atoms. The second kappa shape index (κ2) is 5.83. The molecule has 0 aliphatic rings. The molecule has 0 aliphatic carbocycles. The second-order valence-electron chi connectivity index (χ2n) is 4.26. The minimum Gasteiger partial charge on any atom is -0.378 e. The summed E-state index contributed by atoms with van der Waals surface area (Å²) in [6, 6.07) is 11.1. The molecular formula is C16H14N2O. The van der Waals surface area contributed by atoms with E-state index >= 15 is 0 Å². The van der Waals surface area contributed by atoms with Crippen LogP contribution in [0.25, 0.3) is 0 Å². The molecule has 19 heavy (non-hydrogen) atoms. The van der Waals surface area contributed by atoms with Gasteiger partial charge in [0, 0.05) is 43.3 Å². The number of anilines is 1. The summed E-state index contributed by atoms with van der Waals surface area (Å²) in [5.41, 5.74) is 2.49. The monoisotopic (exact) mass is 250 g/mol. The van der Waals surface area contributed by atoms with E-state index in [0.29, 0.717) is 5.56 Å². The van der Waals surface area contributed by atoms with Crippen LogP contribution in [0, 0.1) is 11.8 Å². The largest absolute Gasteiger partial charge is 0.378 e. The topological polar surface area (TPSA) is 33.2 Å². The summed E-state index contributed by atoms with van der Waals surface area (Å²) in [6.07, 6.45) is 3.17. The van der Waals surface area contributed by atoms with Crippen molar-refractivity contribution in [3.8, 4) is 11.8 Å². The number of hydrogen-bond acceptors (Lipinski definition) is 3. The summed E-state index contributed by atoms with van der Waals surface area (Å²) in [6.45, 7) is 0. The Labute approximate surface area is 112 Å². The maximum absolute atomic E-state index is 11.8. The van der Waals surface area contributed by atoms with E-state index in [9.17, 15) is 4.79 Å². The number of ketones is 1. The van der Waals surface area contributed by atoms with Crippen molar-refractivity contribution in [3.05, 3.63) is 59.9 Å². The molecule has 1 aromatic heterocycles. The Morgan fingerprint density at radius 1 is 1.05 bits per heavy atom. The quantitative estimate of drug-likeness (QED) is 0.606. The minimum absolute atomic E-state index is 0.195. The van der Waals surface area contributed by atoms with E-state index in [0.717, 1.165) is 11.3 Å². The van der Waals surface area contributed by atoms with Gasteiger partial charge < -0.3 is 4.90 Å². The molecule has 2 rings (SSSR count). The Morgan fingerprint density at radius 2 is 1.68 bits per heavy atom. The van der Waals surface area contributed by atoms with Crippen LogP contribution in [0.4, 0.5) is 5.69 Å². The van der Waals surface area contributed by atoms with Gasteiger partial charge in [-0.25, -0.2) is 0 Å². The van der Waals surface area contributed by atoms with Crippen LogP contribution in [0.15, 0.2) is 48.8 Å². The highest BCUT2D eigenvalue weighted by Gasteiger charge is 2.00. The number of aromatic nitrogens is 1. The van der Waals surface area contributed by atoms with E-state index in [1.54, 1.807) is 24.5 Å². The van der Waals surface area contributed by atoms with Gasteiger partial charge in [0.05, 0.1) is 0 Å². The van der Waals surface area contributed by atoms with Crippen LogP contribution in [0.1, 0.15) is 15.9 Å². The molecule has 3 heteroatoms. The Balaban J connectivity index is 2.14.